The van der Waals surface area contributed by atoms with Gasteiger partial charge >= 0.3 is 0 Å². The summed E-state index contributed by atoms with van der Waals surface area (Å²) in [6, 6.07) is 6.19. The lowest BCUT2D eigenvalue weighted by atomic mass is 10.5. The number of nitrogens with zero attached hydrogens (tertiary/aromatic N) is 1. The molecule has 2 rings (SSSR count). The molecule has 5 heteroatoms. The second-order valence-corrected chi connectivity index (χ2v) is 6.66. The minimum absolute atomic E-state index is 0.977. The molecule has 78 valence electrons. The Balaban J connectivity index is 1.96. The van der Waals surface area contributed by atoms with E-state index >= 15 is 0 Å². The number of rotatable bonds is 3. The zero-order valence-electron chi connectivity index (χ0n) is 7.61. The van der Waals surface area contributed by atoms with Gasteiger partial charge < -0.3 is 0 Å². The number of hydrogen-bond acceptors (Lipinski definition) is 3. The largest absolute Gasteiger partial charge is 0.249 e. The van der Waals surface area contributed by atoms with Crippen molar-refractivity contribution in [2.75, 3.05) is 0 Å². The van der Waals surface area contributed by atoms with Crippen LogP contribution in [0.5, 0.6) is 0 Å². The Morgan fingerprint density at radius 1 is 1.27 bits per heavy atom. The van der Waals surface area contributed by atoms with Crippen molar-refractivity contribution in [3.05, 3.63) is 43.6 Å². The fourth-order valence-corrected chi connectivity index (χ4v) is 3.61. The molecule has 0 aliphatic rings. The summed E-state index contributed by atoms with van der Waals surface area (Å²) in [6.45, 7) is 0. The van der Waals surface area contributed by atoms with Crippen LogP contribution in [-0.2, 0) is 5.75 Å². The van der Waals surface area contributed by atoms with E-state index in [1.807, 2.05) is 18.3 Å². The Bertz CT molecular complexity index is 439. The smallest absolute Gasteiger partial charge is 0.0964 e. The Hall–Kier alpha value is 0.160. The average Bonchev–Trinajstić information content (AvgIpc) is 2.64. The van der Waals surface area contributed by atoms with E-state index in [9.17, 15) is 0 Å². The highest BCUT2D eigenvalue weighted by molar-refractivity contribution is 9.10. The van der Waals surface area contributed by atoms with Crippen LogP contribution in [0.25, 0.3) is 0 Å². The molecule has 0 N–H and O–H groups in total. The van der Waals surface area contributed by atoms with Crippen molar-refractivity contribution in [2.24, 2.45) is 0 Å². The van der Waals surface area contributed by atoms with Crippen molar-refractivity contribution in [3.8, 4) is 0 Å². The Labute approximate surface area is 114 Å². The number of thioether (sulfide) groups is 1. The van der Waals surface area contributed by atoms with E-state index in [-0.39, 0.29) is 0 Å². The van der Waals surface area contributed by atoms with Gasteiger partial charge in [-0.1, -0.05) is 0 Å². The summed E-state index contributed by atoms with van der Waals surface area (Å²) < 4.78 is 2.18. The number of aromatic nitrogens is 1. The van der Waals surface area contributed by atoms with Gasteiger partial charge in [-0.2, -0.15) is 0 Å². The summed E-state index contributed by atoms with van der Waals surface area (Å²) >= 11 is 10.3. The molecule has 0 saturated carbocycles. The summed E-state index contributed by atoms with van der Waals surface area (Å²) in [5, 5.41) is 3.16. The Morgan fingerprint density at radius 3 is 2.73 bits per heavy atom. The maximum absolute atomic E-state index is 4.31. The summed E-state index contributed by atoms with van der Waals surface area (Å²) in [4.78, 5) is 5.67. The third-order valence-corrected chi connectivity index (χ3v) is 5.03. The minimum atomic E-state index is 0.977. The van der Waals surface area contributed by atoms with Gasteiger partial charge in [-0.15, -0.1) is 23.1 Å². The van der Waals surface area contributed by atoms with Gasteiger partial charge in [-0.3, -0.25) is 0 Å². The molecule has 0 radical (unpaired) electrons. The number of hydrogen-bond donors (Lipinski definition) is 0. The lowest BCUT2D eigenvalue weighted by Crippen LogP contribution is -1.79. The molecule has 0 spiro atoms. The van der Waals surface area contributed by atoms with E-state index in [4.69, 9.17) is 0 Å². The third kappa shape index (κ3) is 3.59. The molecule has 2 aromatic rings. The molecular weight excluding hydrogens is 358 g/mol. The maximum Gasteiger partial charge on any atom is 0.0964 e. The lowest BCUT2D eigenvalue weighted by Gasteiger charge is -1.98. The Kier molecular flexibility index (Phi) is 4.25. The van der Waals surface area contributed by atoms with Crippen LogP contribution in [0, 0.1) is 0 Å². The average molecular weight is 365 g/mol. The monoisotopic (exact) mass is 363 g/mol. The molecule has 0 atom stereocenters. The van der Waals surface area contributed by atoms with Crippen LogP contribution in [0.2, 0.25) is 0 Å². The predicted octanol–water partition coefficient (Wildman–Crippen LogP) is 4.96. The highest BCUT2D eigenvalue weighted by Gasteiger charge is 2.00. The van der Waals surface area contributed by atoms with E-state index in [1.54, 1.807) is 23.1 Å². The van der Waals surface area contributed by atoms with Gasteiger partial charge in [0.05, 0.1) is 5.03 Å². The lowest BCUT2D eigenvalue weighted by molar-refractivity contribution is 1.12. The molecular formula is C10H7Br2NS2. The molecule has 1 nitrogen and oxygen atoms in total. The maximum atomic E-state index is 4.31. The van der Waals surface area contributed by atoms with Gasteiger partial charge in [0.25, 0.3) is 0 Å². The van der Waals surface area contributed by atoms with E-state index in [2.05, 4.69) is 48.3 Å². The van der Waals surface area contributed by atoms with Crippen LogP contribution in [0.15, 0.2) is 43.7 Å². The van der Waals surface area contributed by atoms with Gasteiger partial charge in [-0.25, -0.2) is 4.98 Å². The van der Waals surface area contributed by atoms with Crippen molar-refractivity contribution in [3.63, 3.8) is 0 Å². The van der Waals surface area contributed by atoms with Crippen LogP contribution in [0.4, 0.5) is 0 Å². The second-order valence-electron chi connectivity index (χ2n) is 2.83. The highest BCUT2D eigenvalue weighted by Crippen LogP contribution is 2.27. The van der Waals surface area contributed by atoms with Crippen molar-refractivity contribution in [2.45, 2.75) is 10.8 Å². The van der Waals surface area contributed by atoms with Crippen molar-refractivity contribution in [1.29, 1.82) is 0 Å². The standard InChI is InChI=1S/C10H7Br2NS2/c11-7-1-2-10(13-4-7)15-6-9-3-8(12)5-14-9/h1-5H,6H2. The second kappa shape index (κ2) is 5.48. The topological polar surface area (TPSA) is 12.9 Å². The van der Waals surface area contributed by atoms with Gasteiger partial charge in [0.15, 0.2) is 0 Å². The van der Waals surface area contributed by atoms with E-state index in [1.165, 1.54) is 4.88 Å². The van der Waals surface area contributed by atoms with E-state index in [0.717, 1.165) is 19.7 Å². The quantitative estimate of drug-likeness (QED) is 0.714. The SMILES string of the molecule is Brc1ccc(SCc2cc(Br)cs2)nc1. The number of thiophene rings is 1. The van der Waals surface area contributed by atoms with Crippen molar-refractivity contribution in [1.82, 2.24) is 4.98 Å². The molecule has 0 aromatic carbocycles. The predicted molar refractivity (Wildman–Crippen MR) is 73.5 cm³/mol. The van der Waals surface area contributed by atoms with Crippen LogP contribution in [-0.4, -0.2) is 4.98 Å². The summed E-state index contributed by atoms with van der Waals surface area (Å²) in [5.41, 5.74) is 0. The first-order valence-electron chi connectivity index (χ1n) is 4.21. The molecule has 0 amide bonds. The normalized spacial score (nSPS) is 10.5. The third-order valence-electron chi connectivity index (χ3n) is 1.68. The van der Waals surface area contributed by atoms with Gasteiger partial charge in [0, 0.05) is 31.2 Å². The fraction of sp³-hybridized carbons (Fsp3) is 0.100. The molecule has 15 heavy (non-hydrogen) atoms. The van der Waals surface area contributed by atoms with Crippen LogP contribution >= 0.6 is 55.0 Å². The summed E-state index contributed by atoms with van der Waals surface area (Å²) in [6.07, 6.45) is 1.83. The molecule has 0 unspecified atom stereocenters. The first-order valence-corrected chi connectivity index (χ1v) is 7.66. The molecule has 0 bridgehead atoms. The molecule has 0 aliphatic heterocycles. The van der Waals surface area contributed by atoms with Gasteiger partial charge in [0.1, 0.15) is 0 Å². The van der Waals surface area contributed by atoms with Crippen LogP contribution < -0.4 is 0 Å². The first-order chi connectivity index (χ1) is 7.24. The zero-order valence-corrected chi connectivity index (χ0v) is 12.4. The van der Waals surface area contributed by atoms with Gasteiger partial charge in [0.2, 0.25) is 0 Å². The Morgan fingerprint density at radius 2 is 2.13 bits per heavy atom. The molecule has 0 fully saturated rings. The van der Waals surface area contributed by atoms with E-state index in [0.29, 0.717) is 0 Å². The first kappa shape index (κ1) is 11.6. The fourth-order valence-electron chi connectivity index (χ4n) is 1.02. The van der Waals surface area contributed by atoms with Crippen molar-refractivity contribution < 1.29 is 0 Å². The molecule has 2 aromatic heterocycles. The minimum Gasteiger partial charge on any atom is -0.249 e. The zero-order chi connectivity index (χ0) is 10.7. The summed E-state index contributed by atoms with van der Waals surface area (Å²) in [5.74, 6) is 0.977. The van der Waals surface area contributed by atoms with Crippen LogP contribution in [0.3, 0.4) is 0 Å². The van der Waals surface area contributed by atoms with Crippen molar-refractivity contribution >= 4 is 55.0 Å². The molecule has 0 saturated heterocycles. The summed E-state index contributed by atoms with van der Waals surface area (Å²) in [7, 11) is 0. The van der Waals surface area contributed by atoms with Gasteiger partial charge in [-0.05, 0) is 50.1 Å². The highest BCUT2D eigenvalue weighted by atomic mass is 79.9. The number of halogens is 2. The number of pyridine rings is 1. The van der Waals surface area contributed by atoms with E-state index < -0.39 is 0 Å². The molecule has 2 heterocycles. The molecule has 0 aliphatic carbocycles. The van der Waals surface area contributed by atoms with Crippen LogP contribution in [0.1, 0.15) is 4.88 Å².